The van der Waals surface area contributed by atoms with E-state index in [2.05, 4.69) is 0 Å². The summed E-state index contributed by atoms with van der Waals surface area (Å²) >= 11 is 0. The predicted octanol–water partition coefficient (Wildman–Crippen LogP) is 1.10. The minimum atomic E-state index is -0.0862. The van der Waals surface area contributed by atoms with Gasteiger partial charge in [0.2, 0.25) is 0 Å². The van der Waals surface area contributed by atoms with E-state index in [0.717, 1.165) is 12.5 Å². The van der Waals surface area contributed by atoms with Crippen LogP contribution in [0.15, 0.2) is 16.5 Å². The second-order valence-corrected chi connectivity index (χ2v) is 5.20. The molecule has 2 fully saturated rings. The van der Waals surface area contributed by atoms with Crippen LogP contribution in [0.25, 0.3) is 0 Å². The molecule has 1 saturated heterocycles. The van der Waals surface area contributed by atoms with Crippen molar-refractivity contribution in [2.24, 2.45) is 17.6 Å². The van der Waals surface area contributed by atoms with Crippen LogP contribution >= 0.6 is 0 Å². The largest absolute Gasteiger partial charge is 0.468 e. The molecule has 0 bridgehead atoms. The van der Waals surface area contributed by atoms with Gasteiger partial charge in [0.15, 0.2) is 5.76 Å². The molecule has 1 aromatic rings. The number of furan rings is 1. The van der Waals surface area contributed by atoms with E-state index in [9.17, 15) is 4.79 Å². The van der Waals surface area contributed by atoms with Crippen molar-refractivity contribution in [2.45, 2.75) is 18.9 Å². The molecule has 1 aliphatic carbocycles. The number of hydrogen-bond donors (Lipinski definition) is 1. The molecule has 0 radical (unpaired) electrons. The molecule has 0 spiro atoms. The summed E-state index contributed by atoms with van der Waals surface area (Å²) in [6.07, 6.45) is 2.52. The number of hydrogen-bond acceptors (Lipinski definition) is 4. The van der Waals surface area contributed by atoms with E-state index >= 15 is 0 Å². The Morgan fingerprint density at radius 2 is 2.22 bits per heavy atom. The first-order valence-corrected chi connectivity index (χ1v) is 6.37. The van der Waals surface area contributed by atoms with Crippen LogP contribution in [0.3, 0.4) is 0 Å². The van der Waals surface area contributed by atoms with Crippen molar-refractivity contribution in [2.75, 3.05) is 20.2 Å². The molecule has 5 nitrogen and oxygen atoms in total. The first-order valence-electron chi connectivity index (χ1n) is 6.37. The highest BCUT2D eigenvalue weighted by Gasteiger charge is 2.42. The number of nitrogens with two attached hydrogens (primary N) is 1. The number of likely N-dealkylation sites (tertiary alicyclic amines) is 1. The molecule has 5 heteroatoms. The Hall–Kier alpha value is -1.49. The van der Waals surface area contributed by atoms with Crippen molar-refractivity contribution >= 4 is 5.91 Å². The van der Waals surface area contributed by atoms with Crippen molar-refractivity contribution in [1.29, 1.82) is 0 Å². The lowest BCUT2D eigenvalue weighted by atomic mass is 9.99. The highest BCUT2D eigenvalue weighted by molar-refractivity contribution is 5.91. The van der Waals surface area contributed by atoms with E-state index in [1.165, 1.54) is 20.0 Å². The lowest BCUT2D eigenvalue weighted by Gasteiger charge is -2.14. The number of rotatable bonds is 3. The quantitative estimate of drug-likeness (QED) is 0.872. The summed E-state index contributed by atoms with van der Waals surface area (Å²) in [5.74, 6) is 1.79. The van der Waals surface area contributed by atoms with Crippen molar-refractivity contribution < 1.29 is 13.9 Å². The molecule has 1 saturated carbocycles. The summed E-state index contributed by atoms with van der Waals surface area (Å²) in [5, 5.41) is 0. The van der Waals surface area contributed by atoms with Crippen molar-refractivity contribution in [3.05, 3.63) is 17.9 Å². The van der Waals surface area contributed by atoms with Crippen LogP contribution < -0.4 is 10.5 Å². The zero-order valence-electron chi connectivity index (χ0n) is 10.5. The molecule has 2 aliphatic rings. The van der Waals surface area contributed by atoms with Crippen LogP contribution in [0.2, 0.25) is 0 Å². The zero-order chi connectivity index (χ0) is 12.7. The fourth-order valence-electron chi connectivity index (χ4n) is 2.74. The average Bonchev–Trinajstić information content (AvgIpc) is 2.97. The van der Waals surface area contributed by atoms with Gasteiger partial charge in [-0.1, -0.05) is 0 Å². The molecule has 1 amide bonds. The second-order valence-electron chi connectivity index (χ2n) is 5.20. The number of carbonyl (C=O) groups is 1. The molecule has 1 aromatic heterocycles. The van der Waals surface area contributed by atoms with Crippen LogP contribution in [0.1, 0.15) is 23.4 Å². The Bertz CT molecular complexity index is 453. The van der Waals surface area contributed by atoms with Crippen LogP contribution in [0.4, 0.5) is 0 Å². The van der Waals surface area contributed by atoms with E-state index in [-0.39, 0.29) is 11.9 Å². The Balaban J connectivity index is 1.69. The number of carbonyl (C=O) groups excluding carboxylic acids is 1. The molecular formula is C13H18N2O3. The molecule has 2 atom stereocenters. The molecule has 0 aromatic carbocycles. The highest BCUT2D eigenvalue weighted by Crippen LogP contribution is 2.41. The third-order valence-corrected chi connectivity index (χ3v) is 3.92. The summed E-state index contributed by atoms with van der Waals surface area (Å²) in [7, 11) is 1.52. The third-order valence-electron chi connectivity index (χ3n) is 3.92. The molecule has 2 N–H and O–H groups in total. The normalized spacial score (nSPS) is 27.6. The zero-order valence-corrected chi connectivity index (χ0v) is 10.5. The number of ether oxygens (including phenoxy) is 1. The minimum Gasteiger partial charge on any atom is -0.468 e. The maximum absolute atomic E-state index is 12.2. The summed E-state index contributed by atoms with van der Waals surface area (Å²) in [4.78, 5) is 14.0. The van der Waals surface area contributed by atoms with Gasteiger partial charge in [0.25, 0.3) is 11.9 Å². The van der Waals surface area contributed by atoms with Gasteiger partial charge in [-0.3, -0.25) is 4.79 Å². The average molecular weight is 250 g/mol. The third kappa shape index (κ3) is 1.99. The van der Waals surface area contributed by atoms with E-state index in [1.807, 2.05) is 0 Å². The van der Waals surface area contributed by atoms with Gasteiger partial charge in [-0.15, -0.1) is 0 Å². The molecule has 3 rings (SSSR count). The Labute approximate surface area is 106 Å². The van der Waals surface area contributed by atoms with Gasteiger partial charge in [0, 0.05) is 25.2 Å². The SMILES string of the molecule is COc1ccc(C(=O)N2C[C@H](C3CC3)[C@@H](N)C2)o1. The number of methoxy groups -OCH3 is 1. The summed E-state index contributed by atoms with van der Waals surface area (Å²) < 4.78 is 10.2. The van der Waals surface area contributed by atoms with Gasteiger partial charge in [-0.05, 0) is 30.7 Å². The minimum absolute atomic E-state index is 0.0862. The van der Waals surface area contributed by atoms with Crippen LogP contribution in [-0.2, 0) is 0 Å². The van der Waals surface area contributed by atoms with Gasteiger partial charge >= 0.3 is 0 Å². The number of nitrogens with zero attached hydrogens (tertiary/aromatic N) is 1. The Kier molecular flexibility index (Phi) is 2.78. The predicted molar refractivity (Wildman–Crippen MR) is 65.4 cm³/mol. The maximum atomic E-state index is 12.2. The van der Waals surface area contributed by atoms with Gasteiger partial charge in [-0.2, -0.15) is 0 Å². The van der Waals surface area contributed by atoms with Crippen molar-refractivity contribution in [1.82, 2.24) is 4.90 Å². The smallest absolute Gasteiger partial charge is 0.289 e. The summed E-state index contributed by atoms with van der Waals surface area (Å²) in [6.45, 7) is 1.39. The van der Waals surface area contributed by atoms with E-state index in [1.54, 1.807) is 17.0 Å². The molecule has 2 heterocycles. The fourth-order valence-corrected chi connectivity index (χ4v) is 2.74. The van der Waals surface area contributed by atoms with E-state index in [4.69, 9.17) is 14.9 Å². The van der Waals surface area contributed by atoms with E-state index < -0.39 is 0 Å². The fraction of sp³-hybridized carbons (Fsp3) is 0.615. The molecule has 1 aliphatic heterocycles. The topological polar surface area (TPSA) is 68.7 Å². The summed E-state index contributed by atoms with van der Waals surface area (Å²) in [5.41, 5.74) is 6.11. The molecule has 18 heavy (non-hydrogen) atoms. The lowest BCUT2D eigenvalue weighted by Crippen LogP contribution is -2.32. The Morgan fingerprint density at radius 1 is 1.44 bits per heavy atom. The highest BCUT2D eigenvalue weighted by atomic mass is 16.6. The Morgan fingerprint density at radius 3 is 2.83 bits per heavy atom. The lowest BCUT2D eigenvalue weighted by molar-refractivity contribution is 0.0747. The van der Waals surface area contributed by atoms with Gasteiger partial charge in [0.1, 0.15) is 0 Å². The molecule has 0 unspecified atom stereocenters. The van der Waals surface area contributed by atoms with Crippen molar-refractivity contribution in [3.63, 3.8) is 0 Å². The van der Waals surface area contributed by atoms with Crippen LogP contribution in [-0.4, -0.2) is 37.0 Å². The first kappa shape index (κ1) is 11.6. The number of amides is 1. The van der Waals surface area contributed by atoms with Gasteiger partial charge in [0.05, 0.1) is 7.11 Å². The standard InChI is InChI=1S/C13H18N2O3/c1-17-12-5-4-11(18-12)13(16)15-6-9(8-2-3-8)10(14)7-15/h4-5,8-10H,2-3,6-7,14H2,1H3/t9-,10+/m1/s1. The van der Waals surface area contributed by atoms with Crippen LogP contribution in [0, 0.1) is 11.8 Å². The van der Waals surface area contributed by atoms with E-state index in [0.29, 0.717) is 24.2 Å². The molecular weight excluding hydrogens is 232 g/mol. The van der Waals surface area contributed by atoms with Crippen LogP contribution in [0.5, 0.6) is 5.95 Å². The maximum Gasteiger partial charge on any atom is 0.289 e. The first-order chi connectivity index (χ1) is 8.69. The van der Waals surface area contributed by atoms with Gasteiger partial charge < -0.3 is 19.8 Å². The second kappa shape index (κ2) is 4.31. The molecule has 98 valence electrons. The monoisotopic (exact) mass is 250 g/mol. The van der Waals surface area contributed by atoms with Gasteiger partial charge in [-0.25, -0.2) is 0 Å². The summed E-state index contributed by atoms with van der Waals surface area (Å²) in [6, 6.07) is 3.41. The van der Waals surface area contributed by atoms with Crippen molar-refractivity contribution in [3.8, 4) is 5.95 Å².